The van der Waals surface area contributed by atoms with E-state index in [9.17, 15) is 9.59 Å². The van der Waals surface area contributed by atoms with Crippen LogP contribution in [0.3, 0.4) is 0 Å². The lowest BCUT2D eigenvalue weighted by molar-refractivity contribution is -0.131. The molecule has 6 rings (SSSR count). The number of halogens is 3. The van der Waals surface area contributed by atoms with Gasteiger partial charge in [-0.25, -0.2) is 0 Å². The summed E-state index contributed by atoms with van der Waals surface area (Å²) in [6.45, 7) is 1.92. The number of fused-ring (bicyclic) bond motifs is 2. The average Bonchev–Trinajstić information content (AvgIpc) is 3.18. The Kier molecular flexibility index (Phi) is 7.12. The van der Waals surface area contributed by atoms with E-state index in [-0.39, 0.29) is 24.3 Å². The quantitative estimate of drug-likeness (QED) is 0.348. The molecule has 1 unspecified atom stereocenters. The van der Waals surface area contributed by atoms with Gasteiger partial charge in [-0.05, 0) is 73.5 Å². The number of anilines is 1. The number of nitrogens with zero attached hydrogens (tertiary/aromatic N) is 1. The molecule has 2 fully saturated rings. The minimum Gasteiger partial charge on any atom is -0.490 e. The molecule has 39 heavy (non-hydrogen) atoms. The fraction of sp³-hybridized carbons (Fsp3) is 0.333. The second-order valence-electron chi connectivity index (χ2n) is 10.6. The van der Waals surface area contributed by atoms with Crippen LogP contribution in [0.25, 0.3) is 0 Å². The van der Waals surface area contributed by atoms with Crippen LogP contribution in [0.4, 0.5) is 5.69 Å². The maximum Gasteiger partial charge on any atom is 0.238 e. The van der Waals surface area contributed by atoms with Gasteiger partial charge in [0.25, 0.3) is 0 Å². The molecule has 3 heterocycles. The summed E-state index contributed by atoms with van der Waals surface area (Å²) in [7, 11) is 2.12. The topological polar surface area (TPSA) is 70.7 Å². The van der Waals surface area contributed by atoms with E-state index in [1.165, 1.54) is 0 Å². The van der Waals surface area contributed by atoms with Crippen molar-refractivity contribution in [1.29, 1.82) is 0 Å². The highest BCUT2D eigenvalue weighted by Crippen LogP contribution is 2.59. The second-order valence-corrected chi connectivity index (χ2v) is 12.4. The van der Waals surface area contributed by atoms with Gasteiger partial charge in [0.1, 0.15) is 17.3 Å². The highest BCUT2D eigenvalue weighted by molar-refractivity contribution is 9.10. The minimum atomic E-state index is -1.16. The first-order valence-corrected chi connectivity index (χ1v) is 14.6. The van der Waals surface area contributed by atoms with Gasteiger partial charge in [-0.3, -0.25) is 9.59 Å². The monoisotopic (exact) mass is 627 g/mol. The number of likely N-dealkylation sites (tertiary alicyclic amines) is 1. The summed E-state index contributed by atoms with van der Waals surface area (Å²) < 4.78 is 7.48. The number of hydrogen-bond donors (Lipinski definition) is 2. The smallest absolute Gasteiger partial charge is 0.238 e. The number of ether oxygens (including phenoxy) is 1. The lowest BCUT2D eigenvalue weighted by Gasteiger charge is -2.47. The number of benzene rings is 3. The molecule has 0 bridgehead atoms. The van der Waals surface area contributed by atoms with Gasteiger partial charge in [0.05, 0.1) is 6.04 Å². The van der Waals surface area contributed by atoms with E-state index in [4.69, 9.17) is 27.9 Å². The maximum atomic E-state index is 14.3. The largest absolute Gasteiger partial charge is 0.490 e. The van der Waals surface area contributed by atoms with E-state index in [2.05, 4.69) is 38.5 Å². The predicted molar refractivity (Wildman–Crippen MR) is 157 cm³/mol. The summed E-state index contributed by atoms with van der Waals surface area (Å²) in [6.07, 6.45) is 2.00. The molecule has 9 heteroatoms. The third-order valence-electron chi connectivity index (χ3n) is 8.24. The molecule has 0 radical (unpaired) electrons. The zero-order valence-electron chi connectivity index (χ0n) is 21.3. The zero-order chi connectivity index (χ0) is 27.3. The van der Waals surface area contributed by atoms with Gasteiger partial charge in [0.2, 0.25) is 11.8 Å². The number of carbonyl (C=O) groups is 2. The molecule has 3 aliphatic heterocycles. The molecule has 2 saturated heterocycles. The van der Waals surface area contributed by atoms with E-state index in [1.807, 2.05) is 42.5 Å². The number of piperidine rings is 2. The molecule has 2 amide bonds. The van der Waals surface area contributed by atoms with Crippen molar-refractivity contribution in [3.05, 3.63) is 91.9 Å². The molecule has 0 saturated carbocycles. The SMILES string of the molecule is CN1CCC(Oc2ccc(Br)cc2[C@H]2CC(=O)N[C@@H](c3cccc(Cl)c3)C23C(=O)Nc2cc(Cl)ccc23)CC1. The zero-order valence-corrected chi connectivity index (χ0v) is 24.4. The molecule has 0 aliphatic carbocycles. The first kappa shape index (κ1) is 26.6. The summed E-state index contributed by atoms with van der Waals surface area (Å²) >= 11 is 16.4. The third-order valence-corrected chi connectivity index (χ3v) is 9.20. The van der Waals surface area contributed by atoms with Gasteiger partial charge in [-0.2, -0.15) is 0 Å². The van der Waals surface area contributed by atoms with Gasteiger partial charge in [-0.1, -0.05) is 57.3 Å². The first-order chi connectivity index (χ1) is 18.8. The van der Waals surface area contributed by atoms with Crippen molar-refractivity contribution in [3.8, 4) is 5.75 Å². The Labute approximate surface area is 246 Å². The van der Waals surface area contributed by atoms with Crippen LogP contribution in [0.5, 0.6) is 5.75 Å². The number of carbonyl (C=O) groups excluding carboxylic acids is 2. The van der Waals surface area contributed by atoms with Crippen LogP contribution in [0, 0.1) is 0 Å². The molecular weight excluding hydrogens is 601 g/mol. The van der Waals surface area contributed by atoms with Crippen LogP contribution < -0.4 is 15.4 Å². The highest BCUT2D eigenvalue weighted by atomic mass is 79.9. The Hall–Kier alpha value is -2.58. The van der Waals surface area contributed by atoms with E-state index >= 15 is 0 Å². The standard InChI is InChI=1S/C30H28BrCl2N3O3/c1-36-11-9-21(10-12-36)39-26-8-5-18(31)14-22(26)24-16-27(37)35-28(17-3-2-4-19(32)13-17)30(24)23-7-6-20(33)15-25(23)34-29(30)38/h2-8,13-15,21,24,28H,9-12,16H2,1H3,(H,34,38)(H,35,37)/t24-,28+,30?/m1/s1. The molecule has 3 atom stereocenters. The molecule has 3 aromatic rings. The van der Waals surface area contributed by atoms with Crippen molar-refractivity contribution in [2.24, 2.45) is 0 Å². The van der Waals surface area contributed by atoms with Crippen molar-refractivity contribution < 1.29 is 14.3 Å². The Morgan fingerprint density at radius 3 is 2.54 bits per heavy atom. The molecule has 3 aliphatic rings. The van der Waals surface area contributed by atoms with E-state index in [0.29, 0.717) is 21.5 Å². The van der Waals surface area contributed by atoms with Crippen LogP contribution in [0.15, 0.2) is 65.1 Å². The first-order valence-electron chi connectivity index (χ1n) is 13.1. The highest BCUT2D eigenvalue weighted by Gasteiger charge is 2.61. The van der Waals surface area contributed by atoms with Crippen LogP contribution >= 0.6 is 39.1 Å². The average molecular weight is 629 g/mol. The number of hydrogen-bond acceptors (Lipinski definition) is 4. The number of rotatable bonds is 4. The van der Waals surface area contributed by atoms with E-state index in [1.54, 1.807) is 18.2 Å². The van der Waals surface area contributed by atoms with Gasteiger partial charge in [-0.15, -0.1) is 0 Å². The third kappa shape index (κ3) is 4.73. The van der Waals surface area contributed by atoms with E-state index < -0.39 is 17.4 Å². The van der Waals surface area contributed by atoms with E-state index in [0.717, 1.165) is 47.1 Å². The minimum absolute atomic E-state index is 0.0571. The molecule has 6 nitrogen and oxygen atoms in total. The fourth-order valence-electron chi connectivity index (χ4n) is 6.41. The van der Waals surface area contributed by atoms with Crippen LogP contribution in [-0.2, 0) is 15.0 Å². The lowest BCUT2D eigenvalue weighted by Crippen LogP contribution is -2.56. The molecule has 3 aromatic carbocycles. The van der Waals surface area contributed by atoms with Crippen LogP contribution in [-0.4, -0.2) is 43.0 Å². The molecule has 1 spiro atoms. The normalized spacial score (nSPS) is 25.3. The Balaban J connectivity index is 1.55. The van der Waals surface area contributed by atoms with Crippen LogP contribution in [0.1, 0.15) is 47.9 Å². The summed E-state index contributed by atoms with van der Waals surface area (Å²) in [5, 5.41) is 7.29. The number of nitrogens with one attached hydrogen (secondary N) is 2. The van der Waals surface area contributed by atoms with Crippen molar-refractivity contribution >= 4 is 56.6 Å². The predicted octanol–water partition coefficient (Wildman–Crippen LogP) is 6.46. The van der Waals surface area contributed by atoms with Gasteiger partial charge < -0.3 is 20.3 Å². The van der Waals surface area contributed by atoms with Crippen molar-refractivity contribution in [1.82, 2.24) is 10.2 Å². The summed E-state index contributed by atoms with van der Waals surface area (Å²) in [5.74, 6) is -0.153. The number of amides is 2. The Morgan fingerprint density at radius 1 is 1.00 bits per heavy atom. The summed E-state index contributed by atoms with van der Waals surface area (Å²) in [4.78, 5) is 30.0. The molecule has 0 aromatic heterocycles. The maximum absolute atomic E-state index is 14.3. The summed E-state index contributed by atoms with van der Waals surface area (Å²) in [6, 6.07) is 18.0. The van der Waals surface area contributed by atoms with Gasteiger partial charge in [0, 0.05) is 51.2 Å². The molecule has 202 valence electrons. The van der Waals surface area contributed by atoms with Gasteiger partial charge >= 0.3 is 0 Å². The van der Waals surface area contributed by atoms with Crippen molar-refractivity contribution in [2.75, 3.05) is 25.5 Å². The summed E-state index contributed by atoms with van der Waals surface area (Å²) in [5.41, 5.74) is 1.85. The van der Waals surface area contributed by atoms with Gasteiger partial charge in [0.15, 0.2) is 0 Å². The second kappa shape index (κ2) is 10.4. The molecule has 2 N–H and O–H groups in total. The molecular formula is C30H28BrCl2N3O3. The lowest BCUT2D eigenvalue weighted by atomic mass is 9.59. The Morgan fingerprint density at radius 2 is 1.77 bits per heavy atom. The Bertz CT molecular complexity index is 1460. The van der Waals surface area contributed by atoms with Crippen molar-refractivity contribution in [3.63, 3.8) is 0 Å². The van der Waals surface area contributed by atoms with Crippen LogP contribution in [0.2, 0.25) is 10.0 Å². The van der Waals surface area contributed by atoms with Crippen molar-refractivity contribution in [2.45, 2.75) is 42.7 Å². The fourth-order valence-corrected chi connectivity index (χ4v) is 7.16.